The summed E-state index contributed by atoms with van der Waals surface area (Å²) in [5.41, 5.74) is 0.586. The molecule has 0 aliphatic rings. The number of pyridine rings is 1. The first-order valence-electron chi connectivity index (χ1n) is 9.89. The molecule has 1 atom stereocenters. The molecule has 4 rings (SSSR count). The lowest BCUT2D eigenvalue weighted by Crippen LogP contribution is -2.23. The second kappa shape index (κ2) is 8.66. The Kier molecular flexibility index (Phi) is 6.04. The minimum atomic E-state index is -4.17. The van der Waals surface area contributed by atoms with Crippen LogP contribution in [0.3, 0.4) is 0 Å². The Morgan fingerprint density at radius 3 is 2.48 bits per heavy atom. The fourth-order valence-electron chi connectivity index (χ4n) is 3.78. The number of halogens is 3. The number of rotatable bonds is 6. The molecule has 170 valence electrons. The third kappa shape index (κ3) is 4.27. The van der Waals surface area contributed by atoms with E-state index in [1.807, 2.05) is 0 Å². The number of nitrogens with zero attached hydrogens (tertiary/aromatic N) is 1. The molecule has 0 aliphatic carbocycles. The maximum atomic E-state index is 15.3. The van der Waals surface area contributed by atoms with Gasteiger partial charge in [-0.3, -0.25) is 4.79 Å². The SMILES string of the molecule is CC[C@H](c1ccc(F)c(C(=O)c2c[nH]c3ncc(-c4ccc(Cl)cc4)cc23)c1F)S(N)(=O)=O. The first kappa shape index (κ1) is 23.0. The summed E-state index contributed by atoms with van der Waals surface area (Å²) < 4.78 is 53.7. The molecule has 3 N–H and O–H groups in total. The molecule has 2 aromatic carbocycles. The first-order valence-corrected chi connectivity index (χ1v) is 11.9. The molecule has 0 spiro atoms. The number of fused-ring (bicyclic) bond motifs is 1. The van der Waals surface area contributed by atoms with Crippen LogP contribution < -0.4 is 5.14 Å². The molecule has 0 amide bonds. The summed E-state index contributed by atoms with van der Waals surface area (Å²) in [6.45, 7) is 1.50. The van der Waals surface area contributed by atoms with Crippen LogP contribution in [0.4, 0.5) is 8.78 Å². The van der Waals surface area contributed by atoms with Crippen molar-refractivity contribution in [2.75, 3.05) is 0 Å². The van der Waals surface area contributed by atoms with Crippen molar-refractivity contribution in [2.45, 2.75) is 18.6 Å². The average Bonchev–Trinajstić information content (AvgIpc) is 3.18. The Morgan fingerprint density at radius 2 is 1.85 bits per heavy atom. The number of H-pyrrole nitrogens is 1. The molecule has 2 aromatic heterocycles. The summed E-state index contributed by atoms with van der Waals surface area (Å²) >= 11 is 5.93. The third-order valence-electron chi connectivity index (χ3n) is 5.42. The van der Waals surface area contributed by atoms with Gasteiger partial charge in [-0.05, 0) is 36.2 Å². The van der Waals surface area contributed by atoms with Crippen molar-refractivity contribution in [3.8, 4) is 11.1 Å². The van der Waals surface area contributed by atoms with Crippen LogP contribution in [0, 0.1) is 11.6 Å². The molecule has 10 heteroatoms. The third-order valence-corrected chi connectivity index (χ3v) is 7.05. The van der Waals surface area contributed by atoms with Crippen molar-refractivity contribution in [3.05, 3.63) is 88.2 Å². The zero-order valence-corrected chi connectivity index (χ0v) is 18.8. The van der Waals surface area contributed by atoms with E-state index in [4.69, 9.17) is 16.7 Å². The zero-order chi connectivity index (χ0) is 23.9. The predicted molar refractivity (Wildman–Crippen MR) is 122 cm³/mol. The summed E-state index contributed by atoms with van der Waals surface area (Å²) in [7, 11) is -4.17. The topological polar surface area (TPSA) is 106 Å². The molecule has 2 heterocycles. The average molecular weight is 490 g/mol. The molecular weight excluding hydrogens is 472 g/mol. The van der Waals surface area contributed by atoms with Crippen LogP contribution >= 0.6 is 11.6 Å². The van der Waals surface area contributed by atoms with E-state index in [0.29, 0.717) is 21.6 Å². The van der Waals surface area contributed by atoms with E-state index in [0.717, 1.165) is 17.7 Å². The van der Waals surface area contributed by atoms with E-state index in [1.165, 1.54) is 13.1 Å². The molecule has 0 bridgehead atoms. The van der Waals surface area contributed by atoms with Gasteiger partial charge in [0.1, 0.15) is 22.5 Å². The number of benzene rings is 2. The number of ketones is 1. The highest BCUT2D eigenvalue weighted by molar-refractivity contribution is 7.89. The van der Waals surface area contributed by atoms with Gasteiger partial charge in [0, 0.05) is 39.5 Å². The Morgan fingerprint density at radius 1 is 1.15 bits per heavy atom. The predicted octanol–water partition coefficient (Wildman–Crippen LogP) is 5.13. The Labute approximate surface area is 193 Å². The maximum absolute atomic E-state index is 15.3. The van der Waals surface area contributed by atoms with Gasteiger partial charge in [0.2, 0.25) is 15.8 Å². The number of carbonyl (C=O) groups excluding carboxylic acids is 1. The van der Waals surface area contributed by atoms with E-state index >= 15 is 4.39 Å². The highest BCUT2D eigenvalue weighted by atomic mass is 35.5. The molecule has 0 saturated heterocycles. The zero-order valence-electron chi connectivity index (χ0n) is 17.3. The molecule has 0 saturated carbocycles. The number of primary sulfonamides is 1. The van der Waals surface area contributed by atoms with Gasteiger partial charge in [-0.25, -0.2) is 27.3 Å². The summed E-state index contributed by atoms with van der Waals surface area (Å²) in [5.74, 6) is -3.31. The number of hydrogen-bond donors (Lipinski definition) is 2. The summed E-state index contributed by atoms with van der Waals surface area (Å²) in [6, 6.07) is 10.5. The normalized spacial score (nSPS) is 12.8. The van der Waals surface area contributed by atoms with E-state index < -0.39 is 38.3 Å². The quantitative estimate of drug-likeness (QED) is 0.366. The van der Waals surface area contributed by atoms with E-state index in [9.17, 15) is 17.6 Å². The molecule has 0 unspecified atom stereocenters. The van der Waals surface area contributed by atoms with E-state index in [1.54, 1.807) is 36.5 Å². The number of aromatic amines is 1. The second-order valence-electron chi connectivity index (χ2n) is 7.47. The lowest BCUT2D eigenvalue weighted by Gasteiger charge is -2.16. The van der Waals surface area contributed by atoms with Crippen molar-refractivity contribution in [3.63, 3.8) is 0 Å². The Hall–Kier alpha value is -3.14. The fraction of sp³-hybridized carbons (Fsp3) is 0.130. The van der Waals surface area contributed by atoms with Crippen LogP contribution in [0.5, 0.6) is 0 Å². The summed E-state index contributed by atoms with van der Waals surface area (Å²) in [5, 5.41) is 4.71. The van der Waals surface area contributed by atoms with Crippen molar-refractivity contribution < 1.29 is 22.0 Å². The van der Waals surface area contributed by atoms with Crippen LogP contribution in [0.1, 0.15) is 40.1 Å². The monoisotopic (exact) mass is 489 g/mol. The molecule has 0 aliphatic heterocycles. The van der Waals surface area contributed by atoms with Crippen LogP contribution in [0.25, 0.3) is 22.2 Å². The van der Waals surface area contributed by atoms with Gasteiger partial charge in [0.25, 0.3) is 0 Å². The van der Waals surface area contributed by atoms with Crippen molar-refractivity contribution in [2.24, 2.45) is 5.14 Å². The van der Waals surface area contributed by atoms with Crippen LogP contribution in [-0.4, -0.2) is 24.2 Å². The van der Waals surface area contributed by atoms with Gasteiger partial charge < -0.3 is 4.98 Å². The molecule has 33 heavy (non-hydrogen) atoms. The standard InChI is InChI=1S/C23H18ClF2N3O3S/c1-2-19(33(27,31)32)15-7-8-18(25)20(21(15)26)22(30)17-11-29-23-16(17)9-13(10-28-23)12-3-5-14(24)6-4-12/h3-11,19H,2H2,1H3,(H,28,29)(H2,27,31,32)/t19-/m1/s1. The Balaban J connectivity index is 1.84. The first-order chi connectivity index (χ1) is 15.6. The van der Waals surface area contributed by atoms with E-state index in [-0.39, 0.29) is 17.5 Å². The number of carbonyl (C=O) groups is 1. The number of sulfonamides is 1. The lowest BCUT2D eigenvalue weighted by molar-refractivity contribution is 0.103. The summed E-state index contributed by atoms with van der Waals surface area (Å²) in [4.78, 5) is 20.4. The van der Waals surface area contributed by atoms with Crippen molar-refractivity contribution in [1.82, 2.24) is 9.97 Å². The number of aromatic nitrogens is 2. The van der Waals surface area contributed by atoms with Crippen molar-refractivity contribution in [1.29, 1.82) is 0 Å². The second-order valence-corrected chi connectivity index (χ2v) is 9.65. The van der Waals surface area contributed by atoms with Gasteiger partial charge in [0.15, 0.2) is 0 Å². The fourth-order valence-corrected chi connectivity index (χ4v) is 4.91. The molecule has 6 nitrogen and oxygen atoms in total. The van der Waals surface area contributed by atoms with E-state index in [2.05, 4.69) is 9.97 Å². The lowest BCUT2D eigenvalue weighted by atomic mass is 9.97. The Bertz CT molecular complexity index is 1490. The smallest absolute Gasteiger partial charge is 0.216 e. The molecule has 0 fully saturated rings. The van der Waals surface area contributed by atoms with Gasteiger partial charge in [-0.2, -0.15) is 0 Å². The summed E-state index contributed by atoms with van der Waals surface area (Å²) in [6.07, 6.45) is 2.86. The van der Waals surface area contributed by atoms with Gasteiger partial charge >= 0.3 is 0 Å². The molecule has 0 radical (unpaired) electrons. The van der Waals surface area contributed by atoms with Gasteiger partial charge in [0.05, 0.1) is 5.56 Å². The van der Waals surface area contributed by atoms with Crippen LogP contribution in [-0.2, 0) is 10.0 Å². The minimum absolute atomic E-state index is 0.00748. The molecular formula is C23H18ClF2N3O3S. The maximum Gasteiger partial charge on any atom is 0.216 e. The number of hydrogen-bond acceptors (Lipinski definition) is 4. The largest absolute Gasteiger partial charge is 0.345 e. The van der Waals surface area contributed by atoms with Crippen molar-refractivity contribution >= 4 is 38.4 Å². The van der Waals surface area contributed by atoms with Crippen LogP contribution in [0.2, 0.25) is 5.02 Å². The van der Waals surface area contributed by atoms with Gasteiger partial charge in [-0.1, -0.05) is 36.7 Å². The van der Waals surface area contributed by atoms with Gasteiger partial charge in [-0.15, -0.1) is 0 Å². The number of nitrogens with one attached hydrogen (secondary N) is 1. The minimum Gasteiger partial charge on any atom is -0.345 e. The molecule has 4 aromatic rings. The highest BCUT2D eigenvalue weighted by Gasteiger charge is 2.30. The highest BCUT2D eigenvalue weighted by Crippen LogP contribution is 2.32. The number of nitrogens with two attached hydrogens (primary N) is 1. The van der Waals surface area contributed by atoms with Crippen LogP contribution in [0.15, 0.2) is 54.9 Å².